The van der Waals surface area contributed by atoms with Crippen LogP contribution in [0.3, 0.4) is 0 Å². The van der Waals surface area contributed by atoms with Gasteiger partial charge >= 0.3 is 6.03 Å². The van der Waals surface area contributed by atoms with Crippen LogP contribution in [0.5, 0.6) is 0 Å². The van der Waals surface area contributed by atoms with Gasteiger partial charge < -0.3 is 20.5 Å². The number of nitrogens with one attached hydrogen (secondary N) is 2. The molecule has 0 saturated carbocycles. The largest absolute Gasteiger partial charge is 0.364 e. The zero-order valence-electron chi connectivity index (χ0n) is 13.3. The van der Waals surface area contributed by atoms with E-state index < -0.39 is 11.7 Å². The lowest BCUT2D eigenvalue weighted by Gasteiger charge is -2.22. The molecular weight excluding hydrogens is 314 g/mol. The Morgan fingerprint density at radius 2 is 2.12 bits per heavy atom. The Labute approximate surface area is 139 Å². The molecule has 1 aromatic heterocycles. The van der Waals surface area contributed by atoms with E-state index in [0.717, 1.165) is 19.5 Å². The van der Waals surface area contributed by atoms with Crippen molar-refractivity contribution in [3.05, 3.63) is 23.9 Å². The first-order valence-corrected chi connectivity index (χ1v) is 7.88. The Kier molecular flexibility index (Phi) is 4.93. The lowest BCUT2D eigenvalue weighted by molar-refractivity contribution is -0.145. The Bertz CT molecular complexity index is 618. The fraction of sp³-hybridized carbons (Fsp3) is 0.533. The average Bonchev–Trinajstić information content (AvgIpc) is 3.18. The number of primary amides is 1. The number of likely N-dealkylation sites (tertiary alicyclic amines) is 1. The topological polar surface area (TPSA) is 119 Å². The molecule has 3 amide bonds. The molecule has 24 heavy (non-hydrogen) atoms. The van der Waals surface area contributed by atoms with Crippen molar-refractivity contribution in [3.8, 4) is 0 Å². The van der Waals surface area contributed by atoms with Crippen LogP contribution in [0.25, 0.3) is 0 Å². The molecule has 2 saturated heterocycles. The van der Waals surface area contributed by atoms with Crippen LogP contribution in [-0.2, 0) is 9.47 Å². The van der Waals surface area contributed by atoms with Crippen molar-refractivity contribution in [1.29, 1.82) is 0 Å². The Hall–Kier alpha value is -2.23. The van der Waals surface area contributed by atoms with Gasteiger partial charge in [0.15, 0.2) is 5.79 Å². The van der Waals surface area contributed by atoms with Crippen LogP contribution in [-0.4, -0.2) is 67.0 Å². The van der Waals surface area contributed by atoms with Crippen molar-refractivity contribution in [2.24, 2.45) is 5.73 Å². The molecule has 0 bridgehead atoms. The molecule has 1 aromatic rings. The molecule has 2 aliphatic rings. The van der Waals surface area contributed by atoms with Gasteiger partial charge in [-0.3, -0.25) is 15.0 Å². The van der Waals surface area contributed by atoms with Crippen LogP contribution in [0.15, 0.2) is 18.2 Å². The van der Waals surface area contributed by atoms with E-state index in [1.165, 1.54) is 6.07 Å². The highest BCUT2D eigenvalue weighted by molar-refractivity contribution is 5.92. The predicted octanol–water partition coefficient (Wildman–Crippen LogP) is -0.249. The number of urea groups is 1. The molecule has 0 aromatic carbocycles. The van der Waals surface area contributed by atoms with Gasteiger partial charge in [0.25, 0.3) is 5.91 Å². The summed E-state index contributed by atoms with van der Waals surface area (Å²) in [4.78, 5) is 29.1. The number of nitrogens with zero attached hydrogens (tertiary/aromatic N) is 2. The summed E-state index contributed by atoms with van der Waals surface area (Å²) in [5.41, 5.74) is 5.26. The average molecular weight is 335 g/mol. The Balaban J connectivity index is 1.40. The molecule has 0 radical (unpaired) electrons. The van der Waals surface area contributed by atoms with E-state index in [0.29, 0.717) is 26.3 Å². The molecule has 0 atom stereocenters. The second kappa shape index (κ2) is 7.12. The first-order valence-electron chi connectivity index (χ1n) is 7.88. The quantitative estimate of drug-likeness (QED) is 0.683. The number of hydrogen-bond donors (Lipinski definition) is 3. The molecule has 9 nitrogen and oxygen atoms in total. The molecule has 1 spiro atoms. The summed E-state index contributed by atoms with van der Waals surface area (Å²) in [5.74, 6) is -0.809. The van der Waals surface area contributed by atoms with E-state index in [4.69, 9.17) is 15.2 Å². The van der Waals surface area contributed by atoms with Gasteiger partial charge in [0, 0.05) is 26.1 Å². The molecule has 9 heteroatoms. The number of aromatic nitrogens is 1. The Morgan fingerprint density at radius 3 is 2.88 bits per heavy atom. The van der Waals surface area contributed by atoms with Crippen molar-refractivity contribution in [2.45, 2.75) is 12.2 Å². The zero-order chi connectivity index (χ0) is 17.0. The summed E-state index contributed by atoms with van der Waals surface area (Å²) in [6.45, 7) is 4.08. The third-order valence-corrected chi connectivity index (χ3v) is 4.04. The minimum atomic E-state index is -0.640. The number of rotatable bonds is 5. The molecule has 2 aliphatic heterocycles. The van der Waals surface area contributed by atoms with Gasteiger partial charge in [0.2, 0.25) is 0 Å². The molecule has 3 heterocycles. The molecule has 0 unspecified atom stereocenters. The Morgan fingerprint density at radius 1 is 1.33 bits per heavy atom. The van der Waals surface area contributed by atoms with Crippen LogP contribution in [0, 0.1) is 0 Å². The van der Waals surface area contributed by atoms with Gasteiger partial charge in [-0.25, -0.2) is 9.78 Å². The number of ether oxygens (including phenoxy) is 2. The second-order valence-corrected chi connectivity index (χ2v) is 5.79. The molecule has 3 rings (SSSR count). The minimum Gasteiger partial charge on any atom is -0.364 e. The standard InChI is InChI=1S/C15H21N5O4/c16-13(21)11-2-1-3-12(18-11)19-14(22)17-5-7-20-6-4-15(10-20)23-8-9-24-15/h1-3H,4-10H2,(H2,16,21)(H2,17,18,19,22). The zero-order valence-corrected chi connectivity index (χ0v) is 13.3. The SMILES string of the molecule is NC(=O)c1cccc(NC(=O)NCCN2CCC3(C2)OCCO3)n1. The molecule has 0 aliphatic carbocycles. The lowest BCUT2D eigenvalue weighted by Crippen LogP contribution is -2.39. The highest BCUT2D eigenvalue weighted by Gasteiger charge is 2.42. The maximum absolute atomic E-state index is 11.9. The molecule has 4 N–H and O–H groups in total. The fourth-order valence-electron chi connectivity index (χ4n) is 2.88. The highest BCUT2D eigenvalue weighted by atomic mass is 16.7. The van der Waals surface area contributed by atoms with Crippen molar-refractivity contribution in [3.63, 3.8) is 0 Å². The number of carbonyl (C=O) groups is 2. The smallest absolute Gasteiger partial charge is 0.320 e. The van der Waals surface area contributed by atoms with E-state index in [9.17, 15) is 9.59 Å². The van der Waals surface area contributed by atoms with Crippen molar-refractivity contribution >= 4 is 17.8 Å². The molecule has 2 fully saturated rings. The maximum atomic E-state index is 11.9. The van der Waals surface area contributed by atoms with Gasteiger partial charge in [-0.1, -0.05) is 6.07 Å². The summed E-state index contributed by atoms with van der Waals surface area (Å²) < 4.78 is 11.3. The van der Waals surface area contributed by atoms with Crippen LogP contribution >= 0.6 is 0 Å². The van der Waals surface area contributed by atoms with Gasteiger partial charge in [-0.15, -0.1) is 0 Å². The monoisotopic (exact) mass is 335 g/mol. The number of carbonyl (C=O) groups excluding carboxylic acids is 2. The normalized spacial score (nSPS) is 19.5. The van der Waals surface area contributed by atoms with Crippen molar-refractivity contribution in [2.75, 3.05) is 44.7 Å². The number of hydrogen-bond acceptors (Lipinski definition) is 6. The molecular formula is C15H21N5O4. The van der Waals surface area contributed by atoms with Crippen LogP contribution < -0.4 is 16.4 Å². The summed E-state index contributed by atoms with van der Waals surface area (Å²) in [6.07, 6.45) is 0.850. The summed E-state index contributed by atoms with van der Waals surface area (Å²) in [7, 11) is 0. The number of nitrogens with two attached hydrogens (primary N) is 1. The van der Waals surface area contributed by atoms with E-state index in [1.54, 1.807) is 12.1 Å². The number of anilines is 1. The van der Waals surface area contributed by atoms with E-state index >= 15 is 0 Å². The first-order chi connectivity index (χ1) is 11.6. The van der Waals surface area contributed by atoms with E-state index in [1.807, 2.05) is 0 Å². The molecule has 130 valence electrons. The number of pyridine rings is 1. The lowest BCUT2D eigenvalue weighted by atomic mass is 10.2. The first kappa shape index (κ1) is 16.6. The minimum absolute atomic E-state index is 0.103. The van der Waals surface area contributed by atoms with Crippen molar-refractivity contribution in [1.82, 2.24) is 15.2 Å². The van der Waals surface area contributed by atoms with Gasteiger partial charge in [-0.05, 0) is 12.1 Å². The predicted molar refractivity (Wildman–Crippen MR) is 85.5 cm³/mol. The third-order valence-electron chi connectivity index (χ3n) is 4.04. The fourth-order valence-corrected chi connectivity index (χ4v) is 2.88. The van der Waals surface area contributed by atoms with Gasteiger partial charge in [-0.2, -0.15) is 0 Å². The van der Waals surface area contributed by atoms with Crippen LogP contribution in [0.2, 0.25) is 0 Å². The number of amides is 3. The van der Waals surface area contributed by atoms with E-state index in [-0.39, 0.29) is 17.5 Å². The highest BCUT2D eigenvalue weighted by Crippen LogP contribution is 2.29. The summed E-state index contributed by atoms with van der Waals surface area (Å²) >= 11 is 0. The summed E-state index contributed by atoms with van der Waals surface area (Å²) in [5, 5.41) is 5.33. The van der Waals surface area contributed by atoms with E-state index in [2.05, 4.69) is 20.5 Å². The second-order valence-electron chi connectivity index (χ2n) is 5.79. The third kappa shape index (κ3) is 3.99. The summed E-state index contributed by atoms with van der Waals surface area (Å²) in [6, 6.07) is 4.30. The van der Waals surface area contributed by atoms with Crippen LogP contribution in [0.1, 0.15) is 16.9 Å². The van der Waals surface area contributed by atoms with Gasteiger partial charge in [0.05, 0.1) is 19.8 Å². The van der Waals surface area contributed by atoms with Crippen molar-refractivity contribution < 1.29 is 19.1 Å². The van der Waals surface area contributed by atoms with Gasteiger partial charge in [0.1, 0.15) is 11.5 Å². The van der Waals surface area contributed by atoms with Crippen LogP contribution in [0.4, 0.5) is 10.6 Å². The maximum Gasteiger partial charge on any atom is 0.320 e.